The van der Waals surface area contributed by atoms with Gasteiger partial charge in [0.1, 0.15) is 0 Å². The van der Waals surface area contributed by atoms with Crippen molar-refractivity contribution in [3.05, 3.63) is 22.7 Å². The zero-order valence-electron chi connectivity index (χ0n) is 8.33. The summed E-state index contributed by atoms with van der Waals surface area (Å²) in [5.41, 5.74) is 0.719. The Hall–Kier alpha value is -0.550. The van der Waals surface area contributed by atoms with Gasteiger partial charge in [-0.2, -0.15) is 0 Å². The Labute approximate surface area is 97.9 Å². The third-order valence-electron chi connectivity index (χ3n) is 2.55. The van der Waals surface area contributed by atoms with Crippen LogP contribution in [-0.2, 0) is 9.84 Å². The van der Waals surface area contributed by atoms with Crippen molar-refractivity contribution >= 4 is 31.5 Å². The quantitative estimate of drug-likeness (QED) is 0.864. The van der Waals surface area contributed by atoms with Gasteiger partial charge in [-0.3, -0.25) is 0 Å². The van der Waals surface area contributed by atoms with E-state index in [9.17, 15) is 8.42 Å². The summed E-state index contributed by atoms with van der Waals surface area (Å²) in [5, 5.41) is 3.23. The second kappa shape index (κ2) is 3.79. The molecule has 0 amide bonds. The molecular formula is C10H12BrNO2S. The van der Waals surface area contributed by atoms with Crippen molar-refractivity contribution in [1.29, 1.82) is 0 Å². The Morgan fingerprint density at radius 3 is 2.93 bits per heavy atom. The minimum absolute atomic E-state index is 0.0312. The minimum Gasteiger partial charge on any atom is -0.380 e. The van der Waals surface area contributed by atoms with Crippen LogP contribution in [0.2, 0.25) is 0 Å². The van der Waals surface area contributed by atoms with Gasteiger partial charge in [-0.1, -0.05) is 22.9 Å². The van der Waals surface area contributed by atoms with Crippen molar-refractivity contribution in [3.63, 3.8) is 0 Å². The second-order valence-electron chi connectivity index (χ2n) is 3.67. The standard InChI is InChI=1S/C10H12BrNO2S/c1-2-8-6-15(13,14)10-5-7(11)3-4-9(10)12-8/h3-5,8,12H,2,6H2,1H3. The molecule has 0 radical (unpaired) electrons. The largest absolute Gasteiger partial charge is 0.380 e. The number of rotatable bonds is 1. The van der Waals surface area contributed by atoms with Gasteiger partial charge in [0.25, 0.3) is 0 Å². The van der Waals surface area contributed by atoms with Crippen LogP contribution in [-0.4, -0.2) is 20.2 Å². The van der Waals surface area contributed by atoms with Crippen LogP contribution < -0.4 is 5.32 Å². The van der Waals surface area contributed by atoms with Gasteiger partial charge in [0.2, 0.25) is 0 Å². The van der Waals surface area contributed by atoms with E-state index in [1.807, 2.05) is 13.0 Å². The number of benzene rings is 1. The van der Waals surface area contributed by atoms with Crippen LogP contribution in [0.25, 0.3) is 0 Å². The fraction of sp³-hybridized carbons (Fsp3) is 0.400. The Morgan fingerprint density at radius 1 is 1.53 bits per heavy atom. The van der Waals surface area contributed by atoms with Crippen LogP contribution in [0.1, 0.15) is 13.3 Å². The Bertz CT molecular complexity index is 484. The normalized spacial score (nSPS) is 22.9. The maximum absolute atomic E-state index is 11.9. The molecule has 2 rings (SSSR count). The molecule has 0 saturated heterocycles. The zero-order chi connectivity index (χ0) is 11.1. The molecule has 0 bridgehead atoms. The first-order valence-corrected chi connectivity index (χ1v) is 7.26. The lowest BCUT2D eigenvalue weighted by Gasteiger charge is -2.26. The van der Waals surface area contributed by atoms with Crippen LogP contribution in [0.4, 0.5) is 5.69 Å². The van der Waals surface area contributed by atoms with Crippen LogP contribution in [0.5, 0.6) is 0 Å². The molecule has 1 aromatic carbocycles. The molecule has 0 aliphatic carbocycles. The van der Waals surface area contributed by atoms with E-state index in [-0.39, 0.29) is 11.8 Å². The molecule has 0 saturated carbocycles. The van der Waals surface area contributed by atoms with Gasteiger partial charge in [-0.05, 0) is 24.6 Å². The van der Waals surface area contributed by atoms with Crippen molar-refractivity contribution in [2.75, 3.05) is 11.1 Å². The first-order chi connectivity index (χ1) is 7.03. The predicted octanol–water partition coefficient (Wildman–Crippen LogP) is 2.43. The van der Waals surface area contributed by atoms with Gasteiger partial charge in [0.05, 0.1) is 16.3 Å². The first kappa shape index (κ1) is 11.0. The van der Waals surface area contributed by atoms with Crippen LogP contribution in [0.15, 0.2) is 27.6 Å². The molecular weight excluding hydrogens is 278 g/mol. The molecule has 1 aromatic rings. The van der Waals surface area contributed by atoms with E-state index in [1.54, 1.807) is 12.1 Å². The summed E-state index contributed by atoms with van der Waals surface area (Å²) in [6.45, 7) is 1.98. The lowest BCUT2D eigenvalue weighted by atomic mass is 10.2. The fourth-order valence-electron chi connectivity index (χ4n) is 1.71. The van der Waals surface area contributed by atoms with E-state index >= 15 is 0 Å². The maximum Gasteiger partial charge on any atom is 0.182 e. The van der Waals surface area contributed by atoms with E-state index in [0.717, 1.165) is 16.6 Å². The summed E-state index contributed by atoms with van der Waals surface area (Å²) in [5.74, 6) is 0.187. The van der Waals surface area contributed by atoms with E-state index in [2.05, 4.69) is 21.2 Å². The van der Waals surface area contributed by atoms with E-state index < -0.39 is 9.84 Å². The number of nitrogens with one attached hydrogen (secondary N) is 1. The van der Waals surface area contributed by atoms with E-state index in [0.29, 0.717) is 4.90 Å². The number of fused-ring (bicyclic) bond motifs is 1. The average molecular weight is 290 g/mol. The molecule has 15 heavy (non-hydrogen) atoms. The summed E-state index contributed by atoms with van der Waals surface area (Å²) in [6.07, 6.45) is 0.814. The number of hydrogen-bond acceptors (Lipinski definition) is 3. The topological polar surface area (TPSA) is 46.2 Å². The van der Waals surface area contributed by atoms with Gasteiger partial charge < -0.3 is 5.32 Å². The zero-order valence-corrected chi connectivity index (χ0v) is 10.7. The molecule has 1 heterocycles. The monoisotopic (exact) mass is 289 g/mol. The summed E-state index contributed by atoms with van der Waals surface area (Å²) >= 11 is 3.28. The highest BCUT2D eigenvalue weighted by Crippen LogP contribution is 2.31. The molecule has 1 unspecified atom stereocenters. The lowest BCUT2D eigenvalue weighted by molar-refractivity contribution is 0.583. The second-order valence-corrected chi connectivity index (χ2v) is 6.59. The highest BCUT2D eigenvalue weighted by molar-refractivity contribution is 9.10. The summed E-state index contributed by atoms with van der Waals surface area (Å²) in [7, 11) is -3.12. The van der Waals surface area contributed by atoms with Gasteiger partial charge in [0.15, 0.2) is 9.84 Å². The highest BCUT2D eigenvalue weighted by atomic mass is 79.9. The highest BCUT2D eigenvalue weighted by Gasteiger charge is 2.28. The smallest absolute Gasteiger partial charge is 0.182 e. The predicted molar refractivity (Wildman–Crippen MR) is 63.9 cm³/mol. The van der Waals surface area contributed by atoms with Gasteiger partial charge in [-0.15, -0.1) is 0 Å². The Balaban J connectivity index is 2.55. The van der Waals surface area contributed by atoms with Gasteiger partial charge in [-0.25, -0.2) is 8.42 Å². The number of anilines is 1. The van der Waals surface area contributed by atoms with Crippen molar-refractivity contribution in [3.8, 4) is 0 Å². The first-order valence-electron chi connectivity index (χ1n) is 4.82. The molecule has 0 fully saturated rings. The molecule has 1 aliphatic rings. The lowest BCUT2D eigenvalue weighted by Crippen LogP contribution is -2.33. The van der Waals surface area contributed by atoms with E-state index in [1.165, 1.54) is 0 Å². The van der Waals surface area contributed by atoms with Gasteiger partial charge >= 0.3 is 0 Å². The number of sulfone groups is 1. The molecule has 1 aliphatic heterocycles. The van der Waals surface area contributed by atoms with Crippen LogP contribution in [0, 0.1) is 0 Å². The van der Waals surface area contributed by atoms with Crippen molar-refractivity contribution < 1.29 is 8.42 Å². The molecule has 82 valence electrons. The van der Waals surface area contributed by atoms with Crippen molar-refractivity contribution in [1.82, 2.24) is 0 Å². The molecule has 1 N–H and O–H groups in total. The molecule has 3 nitrogen and oxygen atoms in total. The third kappa shape index (κ3) is 2.03. The molecule has 0 aromatic heterocycles. The maximum atomic E-state index is 11.9. The summed E-state index contributed by atoms with van der Waals surface area (Å²) in [6, 6.07) is 5.34. The summed E-state index contributed by atoms with van der Waals surface area (Å²) in [4.78, 5) is 0.404. The molecule has 0 spiro atoms. The fourth-order valence-corrected chi connectivity index (χ4v) is 4.02. The number of hydrogen-bond donors (Lipinski definition) is 1. The third-order valence-corrected chi connectivity index (χ3v) is 4.89. The average Bonchev–Trinajstić information content (AvgIpc) is 2.18. The summed E-state index contributed by atoms with van der Waals surface area (Å²) < 4.78 is 24.7. The SMILES string of the molecule is CCC1CS(=O)(=O)c2cc(Br)ccc2N1. The Kier molecular flexibility index (Phi) is 2.77. The van der Waals surface area contributed by atoms with Crippen molar-refractivity contribution in [2.24, 2.45) is 0 Å². The van der Waals surface area contributed by atoms with Crippen LogP contribution >= 0.6 is 15.9 Å². The van der Waals surface area contributed by atoms with Crippen molar-refractivity contribution in [2.45, 2.75) is 24.3 Å². The minimum atomic E-state index is -3.12. The van der Waals surface area contributed by atoms with E-state index in [4.69, 9.17) is 0 Å². The Morgan fingerprint density at radius 2 is 2.27 bits per heavy atom. The molecule has 5 heteroatoms. The molecule has 1 atom stereocenters. The number of halogens is 1. The van der Waals surface area contributed by atoms with Gasteiger partial charge in [0, 0.05) is 10.5 Å². The van der Waals surface area contributed by atoms with Crippen LogP contribution in [0.3, 0.4) is 0 Å².